The molecule has 6 nitrogen and oxygen atoms in total. The summed E-state index contributed by atoms with van der Waals surface area (Å²) in [6.45, 7) is 13.5. The molecule has 0 bridgehead atoms. The molecular formula is C34H21CrFNO5P+. The molecule has 0 spiro atoms. The van der Waals surface area contributed by atoms with Crippen molar-refractivity contribution in [1.29, 1.82) is 0 Å². The zero-order chi connectivity index (χ0) is 30.7. The second kappa shape index (κ2) is 16.7. The van der Waals surface area contributed by atoms with Gasteiger partial charge in [-0.15, -0.1) is 0 Å². The number of carbonyl (C=O) groups excluding carboxylic acids is 2. The fourth-order valence-corrected chi connectivity index (χ4v) is 7.86. The van der Waals surface area contributed by atoms with Gasteiger partial charge in [0, 0.05) is 41.3 Å². The average Bonchev–Trinajstić information content (AvgIpc) is 3.34. The number of rotatable bonds is 4. The quantitative estimate of drug-likeness (QED) is 0.112. The maximum absolute atomic E-state index is 17.9. The van der Waals surface area contributed by atoms with Gasteiger partial charge < -0.3 is 0 Å². The topological polar surface area (TPSA) is 97.1 Å². The summed E-state index contributed by atoms with van der Waals surface area (Å²) in [6.07, 6.45) is 3.37. The van der Waals surface area contributed by atoms with Gasteiger partial charge >= 0.3 is 33.9 Å². The first-order valence-electron chi connectivity index (χ1n) is 12.2. The van der Waals surface area contributed by atoms with Crippen molar-refractivity contribution >= 4 is 24.7 Å². The van der Waals surface area contributed by atoms with Crippen LogP contribution in [-0.2, 0) is 31.3 Å². The van der Waals surface area contributed by atoms with Crippen LogP contribution in [0.2, 0.25) is 0 Å². The number of halogens is 1. The Morgan fingerprint density at radius 3 is 1.23 bits per heavy atom. The van der Waals surface area contributed by atoms with Crippen LogP contribution in [0.4, 0.5) is 4.20 Å². The standard InChI is InChI=1S/C31H21FNO2P.3CO.Cr/c32-36(25-16-8-3-9-17-25)28(22-12-4-1-5-13-22)20-24(21-29(36)23-14-6-2-7-15-23)33-30(34)26-18-10-11-19-27(26)31(33)35;3*1-2;/h1-21H;;;;/q+1;;;;. The Morgan fingerprint density at radius 2 is 0.860 bits per heavy atom. The summed E-state index contributed by atoms with van der Waals surface area (Å²) in [5.41, 5.74) is 3.09. The van der Waals surface area contributed by atoms with E-state index in [0.717, 1.165) is 0 Å². The predicted molar refractivity (Wildman–Crippen MR) is 152 cm³/mol. The van der Waals surface area contributed by atoms with Gasteiger partial charge in [0.25, 0.3) is 19.4 Å². The van der Waals surface area contributed by atoms with Gasteiger partial charge in [0.15, 0.2) is 11.3 Å². The molecule has 0 aliphatic carbocycles. The Balaban J connectivity index is 0.000000870. The van der Waals surface area contributed by atoms with Gasteiger partial charge in [-0.05, 0) is 24.3 Å². The number of imide groups is 1. The predicted octanol–water partition coefficient (Wildman–Crippen LogP) is 6.51. The Hall–Kier alpha value is -3.87. The van der Waals surface area contributed by atoms with Crippen LogP contribution in [0, 0.1) is 50.2 Å². The third-order valence-electron chi connectivity index (χ3n) is 6.54. The summed E-state index contributed by atoms with van der Waals surface area (Å²) >= 11 is 0. The average molecular weight is 626 g/mol. The number of hydrogen-bond donors (Lipinski definition) is 0. The zero-order valence-corrected chi connectivity index (χ0v) is 24.5. The van der Waals surface area contributed by atoms with Crippen molar-refractivity contribution in [2.45, 2.75) is 0 Å². The first kappa shape index (κ1) is 35.3. The van der Waals surface area contributed by atoms with E-state index in [-0.39, 0.29) is 17.4 Å². The van der Waals surface area contributed by atoms with Gasteiger partial charge in [-0.3, -0.25) is 14.5 Å². The molecule has 1 fully saturated rings. The largest absolute Gasteiger partial charge is 0 e. The number of amides is 2. The third kappa shape index (κ3) is 6.87. The van der Waals surface area contributed by atoms with E-state index >= 15 is 4.20 Å². The molecule has 4 aromatic rings. The normalized spacial score (nSPS) is 15.6. The third-order valence-corrected chi connectivity index (χ3v) is 9.65. The number of carbonyl (C=O) groups is 2. The molecule has 0 N–H and O–H groups in total. The van der Waals surface area contributed by atoms with Crippen LogP contribution >= 0.6 is 7.57 Å². The molecule has 2 aliphatic rings. The minimum absolute atomic E-state index is 0. The fourth-order valence-electron chi connectivity index (χ4n) is 4.83. The molecule has 0 unspecified atom stereocenters. The minimum Gasteiger partial charge on any atom is 0 e. The molecule has 2 heterocycles. The second-order valence-corrected chi connectivity index (χ2v) is 11.3. The summed E-state index contributed by atoms with van der Waals surface area (Å²) in [4.78, 5) is 27.9. The van der Waals surface area contributed by atoms with Crippen LogP contribution in [0.25, 0.3) is 0 Å². The number of nitrogens with zero attached hydrogens (tertiary/aromatic N) is 1. The van der Waals surface area contributed by atoms with Crippen molar-refractivity contribution in [2.24, 2.45) is 0 Å². The van der Waals surface area contributed by atoms with E-state index in [0.29, 0.717) is 44.9 Å². The molecule has 209 valence electrons. The minimum atomic E-state index is -3.62. The Morgan fingerprint density at radius 1 is 0.535 bits per heavy atom. The number of hydrogen-bond acceptors (Lipinski definition) is 2. The van der Waals surface area contributed by atoms with Gasteiger partial charge in [0.2, 0.25) is 0 Å². The molecule has 4 aromatic carbocycles. The molecule has 5 radical (unpaired) electrons. The Labute approximate surface area is 261 Å². The summed E-state index contributed by atoms with van der Waals surface area (Å²) in [7, 11) is -3.62. The molecule has 2 amide bonds. The van der Waals surface area contributed by atoms with Crippen LogP contribution in [0.3, 0.4) is 0 Å². The molecule has 0 aromatic heterocycles. The van der Waals surface area contributed by atoms with Gasteiger partial charge in [0.1, 0.15) is 5.30 Å². The monoisotopic (exact) mass is 625 g/mol. The number of fused-ring (bicyclic) bond motifs is 1. The molecule has 2 aliphatic heterocycles. The Bertz CT molecular complexity index is 1460. The van der Waals surface area contributed by atoms with Crippen LogP contribution in [0.1, 0.15) is 31.8 Å². The van der Waals surface area contributed by atoms with Gasteiger partial charge in [0.05, 0.1) is 17.2 Å². The van der Waals surface area contributed by atoms with Crippen LogP contribution in [0.15, 0.2) is 115 Å². The van der Waals surface area contributed by atoms with Crippen molar-refractivity contribution < 1.29 is 45.1 Å². The molecule has 9 heteroatoms. The van der Waals surface area contributed by atoms with Crippen LogP contribution in [0.5, 0.6) is 0 Å². The van der Waals surface area contributed by atoms with Crippen molar-refractivity contribution in [1.82, 2.24) is 4.90 Å². The molecular weight excluding hydrogens is 604 g/mol. The van der Waals surface area contributed by atoms with Crippen molar-refractivity contribution in [3.63, 3.8) is 0 Å². The molecule has 43 heavy (non-hydrogen) atoms. The molecule has 1 saturated heterocycles. The van der Waals surface area contributed by atoms with E-state index in [1.807, 2.05) is 91.0 Å². The van der Waals surface area contributed by atoms with Gasteiger partial charge in [-0.1, -0.05) is 95.2 Å². The Kier molecular flexibility index (Phi) is 13.7. The molecule has 0 saturated carbocycles. The van der Waals surface area contributed by atoms with E-state index < -0.39 is 19.4 Å². The van der Waals surface area contributed by atoms with E-state index in [1.165, 1.54) is 4.90 Å². The van der Waals surface area contributed by atoms with Crippen molar-refractivity contribution in [3.8, 4) is 0 Å². The summed E-state index contributed by atoms with van der Waals surface area (Å²) in [6, 6.07) is 35.1. The zero-order valence-electron chi connectivity index (χ0n) is 22.3. The van der Waals surface area contributed by atoms with E-state index in [4.69, 9.17) is 14.0 Å². The van der Waals surface area contributed by atoms with Gasteiger partial charge in [-0.25, -0.2) is 0 Å². The smallest absolute Gasteiger partial charge is 0 e. The first-order valence-corrected chi connectivity index (χ1v) is 13.9. The van der Waals surface area contributed by atoms with E-state index in [2.05, 4.69) is 20.0 Å². The van der Waals surface area contributed by atoms with E-state index in [9.17, 15) is 9.59 Å². The summed E-state index contributed by atoms with van der Waals surface area (Å²) in [5, 5.41) is 0.580. The first-order chi connectivity index (χ1) is 20.6. The molecule has 0 atom stereocenters. The summed E-state index contributed by atoms with van der Waals surface area (Å²) < 4.78 is 40.4. The summed E-state index contributed by atoms with van der Waals surface area (Å²) in [5.74, 6) is -0.801. The maximum atomic E-state index is 17.9. The van der Waals surface area contributed by atoms with Gasteiger partial charge in [-0.2, -0.15) is 0 Å². The maximum Gasteiger partial charge on any atom is 0 e. The molecule has 6 rings (SSSR count). The van der Waals surface area contributed by atoms with Crippen molar-refractivity contribution in [2.75, 3.05) is 0 Å². The SMILES string of the molecule is O=C1c2ccccc2C(=O)N1[C]1[CH][C](c2ccccc2)[P+](F)(c2ccccc2)[C](c2ccccc2)[CH]1.[C-]#[O+].[C-]#[O+].[C-]#[O+].[Cr]. The second-order valence-electron chi connectivity index (χ2n) is 8.63. The van der Waals surface area contributed by atoms with Crippen LogP contribution < -0.4 is 5.30 Å². The van der Waals surface area contributed by atoms with Crippen molar-refractivity contribution in [3.05, 3.63) is 188 Å². The fraction of sp³-hybridized carbons (Fsp3) is 0. The van der Waals surface area contributed by atoms with Crippen LogP contribution in [-0.4, -0.2) is 16.7 Å². The number of benzene rings is 4. The van der Waals surface area contributed by atoms with E-state index in [1.54, 1.807) is 37.1 Å².